The summed E-state index contributed by atoms with van der Waals surface area (Å²) in [6, 6.07) is 5.46. The number of hydrogen-bond acceptors (Lipinski definition) is 4. The van der Waals surface area contributed by atoms with E-state index in [1.807, 2.05) is 19.1 Å². The molecule has 0 fully saturated rings. The number of ether oxygens (including phenoxy) is 1. The number of nitrogens with one attached hydrogen (secondary N) is 1. The molecule has 0 aromatic heterocycles. The first-order chi connectivity index (χ1) is 9.50. The number of aryl methyl sites for hydroxylation is 1. The molecule has 5 nitrogen and oxygen atoms in total. The Morgan fingerprint density at radius 2 is 2.05 bits per heavy atom. The van der Waals surface area contributed by atoms with Crippen molar-refractivity contribution in [2.24, 2.45) is 0 Å². The molecule has 0 aliphatic carbocycles. The number of sulfone groups is 1. The normalized spacial score (nSPS) is 14.6. The van der Waals surface area contributed by atoms with Crippen molar-refractivity contribution < 1.29 is 17.9 Å². The SMILES string of the molecule is CCCS(=O)(=O)CCOc1ccc2c(c1)NC(=O)CC2. The van der Waals surface area contributed by atoms with Crippen LogP contribution in [0.4, 0.5) is 5.69 Å². The smallest absolute Gasteiger partial charge is 0.224 e. The fourth-order valence-corrected chi connectivity index (χ4v) is 3.30. The maximum absolute atomic E-state index is 11.6. The quantitative estimate of drug-likeness (QED) is 0.868. The number of benzene rings is 1. The van der Waals surface area contributed by atoms with E-state index in [4.69, 9.17) is 4.74 Å². The highest BCUT2D eigenvalue weighted by molar-refractivity contribution is 7.91. The number of carbonyl (C=O) groups is 1. The third-order valence-corrected chi connectivity index (χ3v) is 4.97. The molecule has 0 saturated carbocycles. The van der Waals surface area contributed by atoms with Gasteiger partial charge in [0.2, 0.25) is 5.91 Å². The molecule has 0 saturated heterocycles. The largest absolute Gasteiger partial charge is 0.492 e. The van der Waals surface area contributed by atoms with Crippen molar-refractivity contribution in [2.45, 2.75) is 26.2 Å². The average Bonchev–Trinajstić information content (AvgIpc) is 2.38. The highest BCUT2D eigenvalue weighted by Crippen LogP contribution is 2.27. The minimum absolute atomic E-state index is 0.000161. The number of carbonyl (C=O) groups excluding carboxylic acids is 1. The van der Waals surface area contributed by atoms with Gasteiger partial charge in [0.05, 0.1) is 11.5 Å². The molecule has 0 spiro atoms. The maximum atomic E-state index is 11.6. The number of amides is 1. The van der Waals surface area contributed by atoms with Gasteiger partial charge in [0.25, 0.3) is 0 Å². The molecule has 1 aliphatic rings. The second kappa shape index (κ2) is 6.26. The van der Waals surface area contributed by atoms with Gasteiger partial charge >= 0.3 is 0 Å². The predicted octanol–water partition coefficient (Wildman–Crippen LogP) is 1.77. The summed E-state index contributed by atoms with van der Waals surface area (Å²) < 4.78 is 28.6. The molecular formula is C14H19NO4S. The lowest BCUT2D eigenvalue weighted by molar-refractivity contribution is -0.116. The van der Waals surface area contributed by atoms with Crippen LogP contribution in [0.2, 0.25) is 0 Å². The van der Waals surface area contributed by atoms with Crippen LogP contribution in [0.5, 0.6) is 5.75 Å². The van der Waals surface area contributed by atoms with E-state index in [-0.39, 0.29) is 24.0 Å². The van der Waals surface area contributed by atoms with E-state index in [2.05, 4.69) is 5.32 Å². The number of anilines is 1. The van der Waals surface area contributed by atoms with E-state index in [1.54, 1.807) is 6.07 Å². The molecule has 0 atom stereocenters. The zero-order valence-corrected chi connectivity index (χ0v) is 12.3. The molecule has 0 unspecified atom stereocenters. The zero-order chi connectivity index (χ0) is 14.6. The lowest BCUT2D eigenvalue weighted by Gasteiger charge is -2.17. The molecule has 6 heteroatoms. The summed E-state index contributed by atoms with van der Waals surface area (Å²) in [5, 5.41) is 2.79. The molecule has 0 radical (unpaired) electrons. The third-order valence-electron chi connectivity index (χ3n) is 3.16. The van der Waals surface area contributed by atoms with Gasteiger partial charge in [-0.25, -0.2) is 8.42 Å². The summed E-state index contributed by atoms with van der Waals surface area (Å²) in [7, 11) is -3.02. The summed E-state index contributed by atoms with van der Waals surface area (Å²) in [4.78, 5) is 11.3. The van der Waals surface area contributed by atoms with Crippen LogP contribution in [0.25, 0.3) is 0 Å². The maximum Gasteiger partial charge on any atom is 0.224 e. The molecule has 1 heterocycles. The molecule has 2 rings (SSSR count). The van der Waals surface area contributed by atoms with Crippen molar-refractivity contribution in [3.05, 3.63) is 23.8 Å². The first kappa shape index (κ1) is 14.8. The van der Waals surface area contributed by atoms with Crippen molar-refractivity contribution in [3.8, 4) is 5.75 Å². The van der Waals surface area contributed by atoms with Gasteiger partial charge < -0.3 is 10.1 Å². The van der Waals surface area contributed by atoms with Crippen LogP contribution in [0.3, 0.4) is 0 Å². The van der Waals surface area contributed by atoms with Gasteiger partial charge in [-0.1, -0.05) is 13.0 Å². The summed E-state index contributed by atoms with van der Waals surface area (Å²) in [6.45, 7) is 1.97. The van der Waals surface area contributed by atoms with Crippen LogP contribution < -0.4 is 10.1 Å². The van der Waals surface area contributed by atoms with Crippen molar-refractivity contribution in [1.82, 2.24) is 0 Å². The standard InChI is InChI=1S/C14H19NO4S/c1-2-8-20(17,18)9-7-19-12-5-3-11-4-6-14(16)15-13(11)10-12/h3,5,10H,2,4,6-9H2,1H3,(H,15,16). The second-order valence-electron chi connectivity index (χ2n) is 4.87. The Kier molecular flexibility index (Phi) is 4.65. The van der Waals surface area contributed by atoms with E-state index in [0.29, 0.717) is 18.6 Å². The second-order valence-corrected chi connectivity index (χ2v) is 7.17. The van der Waals surface area contributed by atoms with E-state index in [9.17, 15) is 13.2 Å². The number of rotatable bonds is 6. The first-order valence-electron chi connectivity index (χ1n) is 6.76. The molecule has 1 aromatic rings. The van der Waals surface area contributed by atoms with Crippen LogP contribution in [0.1, 0.15) is 25.3 Å². The lowest BCUT2D eigenvalue weighted by Crippen LogP contribution is -2.19. The lowest BCUT2D eigenvalue weighted by atomic mass is 10.0. The Morgan fingerprint density at radius 1 is 1.25 bits per heavy atom. The molecule has 1 amide bonds. The van der Waals surface area contributed by atoms with Gasteiger partial charge in [-0.2, -0.15) is 0 Å². The summed E-state index contributed by atoms with van der Waals surface area (Å²) in [5.41, 5.74) is 1.84. The van der Waals surface area contributed by atoms with E-state index in [1.165, 1.54) is 0 Å². The fraction of sp³-hybridized carbons (Fsp3) is 0.500. The van der Waals surface area contributed by atoms with Gasteiger partial charge in [0.1, 0.15) is 12.4 Å². The monoisotopic (exact) mass is 297 g/mol. The highest BCUT2D eigenvalue weighted by atomic mass is 32.2. The molecular weight excluding hydrogens is 278 g/mol. The average molecular weight is 297 g/mol. The Hall–Kier alpha value is -1.56. The molecule has 110 valence electrons. The number of fused-ring (bicyclic) bond motifs is 1. The van der Waals surface area contributed by atoms with Gasteiger partial charge in [-0.3, -0.25) is 4.79 Å². The summed E-state index contributed by atoms with van der Waals surface area (Å²) >= 11 is 0. The fourth-order valence-electron chi connectivity index (χ4n) is 2.14. The Bertz CT molecular complexity index is 595. The van der Waals surface area contributed by atoms with Gasteiger partial charge in [-0.15, -0.1) is 0 Å². The van der Waals surface area contributed by atoms with E-state index < -0.39 is 9.84 Å². The van der Waals surface area contributed by atoms with Crippen LogP contribution in [-0.2, 0) is 21.1 Å². The van der Waals surface area contributed by atoms with Crippen LogP contribution in [0, 0.1) is 0 Å². The van der Waals surface area contributed by atoms with E-state index in [0.717, 1.165) is 17.7 Å². The Balaban J connectivity index is 1.94. The summed E-state index contributed by atoms with van der Waals surface area (Å²) in [5.74, 6) is 0.791. The van der Waals surface area contributed by atoms with Crippen LogP contribution in [0.15, 0.2) is 18.2 Å². The van der Waals surface area contributed by atoms with Crippen molar-refractivity contribution in [1.29, 1.82) is 0 Å². The van der Waals surface area contributed by atoms with Crippen molar-refractivity contribution in [3.63, 3.8) is 0 Å². The van der Waals surface area contributed by atoms with Gasteiger partial charge in [-0.05, 0) is 24.5 Å². The van der Waals surface area contributed by atoms with Gasteiger partial charge in [0.15, 0.2) is 9.84 Å². The Morgan fingerprint density at radius 3 is 2.80 bits per heavy atom. The third kappa shape index (κ3) is 3.96. The molecule has 0 bridgehead atoms. The summed E-state index contributed by atoms with van der Waals surface area (Å²) in [6.07, 6.45) is 1.85. The minimum atomic E-state index is -3.02. The molecule has 20 heavy (non-hydrogen) atoms. The zero-order valence-electron chi connectivity index (χ0n) is 11.5. The Labute approximate surface area is 119 Å². The van der Waals surface area contributed by atoms with Crippen LogP contribution in [-0.4, -0.2) is 32.4 Å². The molecule has 1 aromatic carbocycles. The van der Waals surface area contributed by atoms with E-state index >= 15 is 0 Å². The minimum Gasteiger partial charge on any atom is -0.492 e. The first-order valence-corrected chi connectivity index (χ1v) is 8.58. The molecule has 1 aliphatic heterocycles. The topological polar surface area (TPSA) is 72.5 Å². The molecule has 1 N–H and O–H groups in total. The van der Waals surface area contributed by atoms with Gasteiger partial charge in [0, 0.05) is 18.2 Å². The van der Waals surface area contributed by atoms with Crippen molar-refractivity contribution in [2.75, 3.05) is 23.4 Å². The predicted molar refractivity (Wildman–Crippen MR) is 77.8 cm³/mol. The van der Waals surface area contributed by atoms with Crippen molar-refractivity contribution >= 4 is 21.4 Å². The highest BCUT2D eigenvalue weighted by Gasteiger charge is 2.15. The number of hydrogen-bond donors (Lipinski definition) is 1. The van der Waals surface area contributed by atoms with Crippen LogP contribution >= 0.6 is 0 Å².